The van der Waals surface area contributed by atoms with Gasteiger partial charge in [0.1, 0.15) is 0 Å². The number of hydrogen-bond donors (Lipinski definition) is 1. The largest absolute Gasteiger partial charge is 0.341 e. The van der Waals surface area contributed by atoms with Gasteiger partial charge in [0.2, 0.25) is 5.91 Å². The fourth-order valence-corrected chi connectivity index (χ4v) is 2.04. The van der Waals surface area contributed by atoms with Crippen molar-refractivity contribution in [3.8, 4) is 0 Å². The molecule has 0 aromatic carbocycles. The Morgan fingerprint density at radius 1 is 1.53 bits per heavy atom. The van der Waals surface area contributed by atoms with Crippen LogP contribution < -0.4 is 5.32 Å². The molecule has 1 rings (SSSR count). The Morgan fingerprint density at radius 3 is 2.80 bits per heavy atom. The van der Waals surface area contributed by atoms with Gasteiger partial charge in [0.05, 0.1) is 6.54 Å². The molecule has 88 valence electrons. The van der Waals surface area contributed by atoms with E-state index < -0.39 is 0 Å². The summed E-state index contributed by atoms with van der Waals surface area (Å²) in [5.74, 6) is 1.68. The minimum atomic E-state index is 0.270. The Hall–Kier alpha value is -0.570. The molecule has 1 fully saturated rings. The molecule has 1 aliphatic heterocycles. The summed E-state index contributed by atoms with van der Waals surface area (Å²) in [6.45, 7) is 9.97. The van der Waals surface area contributed by atoms with Gasteiger partial charge in [0, 0.05) is 13.1 Å². The predicted molar refractivity (Wildman–Crippen MR) is 62.7 cm³/mol. The Labute approximate surface area is 93.2 Å². The van der Waals surface area contributed by atoms with Gasteiger partial charge in [-0.05, 0) is 31.2 Å². The van der Waals surface area contributed by atoms with Gasteiger partial charge in [-0.15, -0.1) is 0 Å². The molecule has 1 atom stereocenters. The SMILES string of the molecule is CCCNCC(=O)N1CCC(C(C)C)C1. The van der Waals surface area contributed by atoms with Crippen molar-refractivity contribution in [1.29, 1.82) is 0 Å². The maximum atomic E-state index is 11.8. The summed E-state index contributed by atoms with van der Waals surface area (Å²) in [6.07, 6.45) is 2.26. The van der Waals surface area contributed by atoms with E-state index in [1.54, 1.807) is 0 Å². The minimum absolute atomic E-state index is 0.270. The lowest BCUT2D eigenvalue weighted by Gasteiger charge is -2.18. The van der Waals surface area contributed by atoms with E-state index in [1.165, 1.54) is 6.42 Å². The molecule has 1 unspecified atom stereocenters. The predicted octanol–water partition coefficient (Wildman–Crippen LogP) is 1.49. The molecule has 3 heteroatoms. The van der Waals surface area contributed by atoms with Crippen molar-refractivity contribution in [3.05, 3.63) is 0 Å². The fraction of sp³-hybridized carbons (Fsp3) is 0.917. The molecule has 3 nitrogen and oxygen atoms in total. The third-order valence-electron chi connectivity index (χ3n) is 3.22. The van der Waals surface area contributed by atoms with Gasteiger partial charge in [-0.1, -0.05) is 20.8 Å². The highest BCUT2D eigenvalue weighted by Gasteiger charge is 2.27. The third kappa shape index (κ3) is 3.82. The molecule has 1 N–H and O–H groups in total. The molecule has 1 amide bonds. The molecule has 0 saturated carbocycles. The topological polar surface area (TPSA) is 32.3 Å². The zero-order chi connectivity index (χ0) is 11.3. The second kappa shape index (κ2) is 6.11. The molecule has 0 aromatic heterocycles. The van der Waals surface area contributed by atoms with Gasteiger partial charge in [0.15, 0.2) is 0 Å². The van der Waals surface area contributed by atoms with Crippen LogP contribution in [0.25, 0.3) is 0 Å². The molecule has 1 saturated heterocycles. The number of hydrogen-bond acceptors (Lipinski definition) is 2. The molecule has 0 radical (unpaired) electrons. The van der Waals surface area contributed by atoms with Gasteiger partial charge in [-0.3, -0.25) is 4.79 Å². The van der Waals surface area contributed by atoms with Crippen molar-refractivity contribution in [1.82, 2.24) is 10.2 Å². The van der Waals surface area contributed by atoms with Crippen LogP contribution in [-0.4, -0.2) is 37.0 Å². The number of carbonyl (C=O) groups is 1. The summed E-state index contributed by atoms with van der Waals surface area (Å²) in [7, 11) is 0. The number of likely N-dealkylation sites (tertiary alicyclic amines) is 1. The average molecular weight is 212 g/mol. The van der Waals surface area contributed by atoms with Gasteiger partial charge >= 0.3 is 0 Å². The number of amides is 1. The molecular weight excluding hydrogens is 188 g/mol. The van der Waals surface area contributed by atoms with Gasteiger partial charge in [-0.25, -0.2) is 0 Å². The second-order valence-electron chi connectivity index (χ2n) is 4.81. The van der Waals surface area contributed by atoms with E-state index in [9.17, 15) is 4.79 Å². The Kier molecular flexibility index (Phi) is 5.09. The number of rotatable bonds is 5. The van der Waals surface area contributed by atoms with E-state index in [0.29, 0.717) is 18.4 Å². The minimum Gasteiger partial charge on any atom is -0.341 e. The van der Waals surface area contributed by atoms with E-state index in [1.807, 2.05) is 4.90 Å². The molecule has 0 aliphatic carbocycles. The van der Waals surface area contributed by atoms with Gasteiger partial charge in [0.25, 0.3) is 0 Å². The first-order valence-corrected chi connectivity index (χ1v) is 6.13. The highest BCUT2D eigenvalue weighted by molar-refractivity contribution is 5.78. The van der Waals surface area contributed by atoms with Crippen LogP contribution in [0.15, 0.2) is 0 Å². The first kappa shape index (κ1) is 12.5. The van der Waals surface area contributed by atoms with Gasteiger partial charge in [-0.2, -0.15) is 0 Å². The maximum absolute atomic E-state index is 11.8. The summed E-state index contributed by atoms with van der Waals surface area (Å²) >= 11 is 0. The van der Waals surface area contributed by atoms with Crippen LogP contribution in [0.2, 0.25) is 0 Å². The molecule has 0 spiro atoms. The number of carbonyl (C=O) groups excluding carboxylic acids is 1. The van der Waals surface area contributed by atoms with E-state index in [0.717, 1.165) is 26.1 Å². The lowest BCUT2D eigenvalue weighted by atomic mass is 9.95. The average Bonchev–Trinajstić information content (AvgIpc) is 2.66. The number of nitrogens with zero attached hydrogens (tertiary/aromatic N) is 1. The van der Waals surface area contributed by atoms with E-state index >= 15 is 0 Å². The van der Waals surface area contributed by atoms with Crippen LogP contribution in [0.3, 0.4) is 0 Å². The van der Waals surface area contributed by atoms with Crippen LogP contribution in [0, 0.1) is 11.8 Å². The fourth-order valence-electron chi connectivity index (χ4n) is 2.04. The third-order valence-corrected chi connectivity index (χ3v) is 3.22. The number of nitrogens with one attached hydrogen (secondary N) is 1. The van der Waals surface area contributed by atoms with Crippen molar-refractivity contribution >= 4 is 5.91 Å². The zero-order valence-corrected chi connectivity index (χ0v) is 10.3. The molecular formula is C12H24N2O. The summed E-state index contributed by atoms with van der Waals surface area (Å²) < 4.78 is 0. The molecule has 15 heavy (non-hydrogen) atoms. The maximum Gasteiger partial charge on any atom is 0.236 e. The van der Waals surface area contributed by atoms with Crippen LogP contribution in [0.5, 0.6) is 0 Å². The lowest BCUT2D eigenvalue weighted by molar-refractivity contribution is -0.129. The van der Waals surface area contributed by atoms with E-state index in [-0.39, 0.29) is 5.91 Å². The molecule has 1 heterocycles. The summed E-state index contributed by atoms with van der Waals surface area (Å²) in [5, 5.41) is 3.16. The van der Waals surface area contributed by atoms with Crippen LogP contribution in [0.1, 0.15) is 33.6 Å². The Bertz CT molecular complexity index is 204. The van der Waals surface area contributed by atoms with Crippen LogP contribution >= 0.6 is 0 Å². The summed E-state index contributed by atoms with van der Waals surface area (Å²) in [4.78, 5) is 13.8. The monoisotopic (exact) mass is 212 g/mol. The standard InChI is InChI=1S/C12H24N2O/c1-4-6-13-8-12(15)14-7-5-11(9-14)10(2)3/h10-11,13H,4-9H2,1-3H3. The van der Waals surface area contributed by atoms with Crippen molar-refractivity contribution in [2.75, 3.05) is 26.2 Å². The quantitative estimate of drug-likeness (QED) is 0.700. The lowest BCUT2D eigenvalue weighted by Crippen LogP contribution is -2.37. The normalized spacial score (nSPS) is 21.3. The van der Waals surface area contributed by atoms with E-state index in [4.69, 9.17) is 0 Å². The summed E-state index contributed by atoms with van der Waals surface area (Å²) in [5.41, 5.74) is 0. The molecule has 0 aromatic rings. The zero-order valence-electron chi connectivity index (χ0n) is 10.3. The summed E-state index contributed by atoms with van der Waals surface area (Å²) in [6, 6.07) is 0. The van der Waals surface area contributed by atoms with Crippen molar-refractivity contribution in [2.45, 2.75) is 33.6 Å². The van der Waals surface area contributed by atoms with E-state index in [2.05, 4.69) is 26.1 Å². The first-order valence-electron chi connectivity index (χ1n) is 6.13. The first-order chi connectivity index (χ1) is 7.15. The Morgan fingerprint density at radius 2 is 2.27 bits per heavy atom. The van der Waals surface area contributed by atoms with Crippen molar-refractivity contribution < 1.29 is 4.79 Å². The van der Waals surface area contributed by atoms with Crippen LogP contribution in [-0.2, 0) is 4.79 Å². The van der Waals surface area contributed by atoms with Gasteiger partial charge < -0.3 is 10.2 Å². The smallest absolute Gasteiger partial charge is 0.236 e. The Balaban J connectivity index is 2.24. The second-order valence-corrected chi connectivity index (χ2v) is 4.81. The molecule has 1 aliphatic rings. The highest BCUT2D eigenvalue weighted by atomic mass is 16.2. The van der Waals surface area contributed by atoms with Crippen molar-refractivity contribution in [2.24, 2.45) is 11.8 Å². The highest BCUT2D eigenvalue weighted by Crippen LogP contribution is 2.23. The molecule has 0 bridgehead atoms. The van der Waals surface area contributed by atoms with Crippen LogP contribution in [0.4, 0.5) is 0 Å². The van der Waals surface area contributed by atoms with Crippen molar-refractivity contribution in [3.63, 3.8) is 0 Å².